The van der Waals surface area contributed by atoms with E-state index in [4.69, 9.17) is 4.42 Å². The Labute approximate surface area is 173 Å². The van der Waals surface area contributed by atoms with Crippen molar-refractivity contribution in [1.29, 1.82) is 0 Å². The topological polar surface area (TPSA) is 131 Å². The normalized spacial score (nSPS) is 11.8. The number of rotatable bonds is 8. The molecule has 0 radical (unpaired) electrons. The van der Waals surface area contributed by atoms with Crippen LogP contribution in [0.1, 0.15) is 37.2 Å². The van der Waals surface area contributed by atoms with Crippen molar-refractivity contribution in [2.24, 2.45) is 5.10 Å². The first-order valence-electron chi connectivity index (χ1n) is 9.56. The van der Waals surface area contributed by atoms with E-state index in [2.05, 4.69) is 30.4 Å². The predicted octanol–water partition coefficient (Wildman–Crippen LogP) is 5.11. The zero-order valence-electron chi connectivity index (χ0n) is 17.0. The Hall–Kier alpha value is -3.11. The number of anilines is 3. The van der Waals surface area contributed by atoms with Crippen LogP contribution in [0, 0.1) is 17.3 Å². The van der Waals surface area contributed by atoms with Crippen molar-refractivity contribution >= 4 is 33.7 Å². The molecule has 0 aliphatic heterocycles. The fourth-order valence-electron chi connectivity index (χ4n) is 3.30. The molecule has 2 aromatic carbocycles. The molecule has 1 aromatic heterocycles. The largest absolute Gasteiger partial charge is 0.769 e. The third-order valence-corrected chi connectivity index (χ3v) is 4.87. The molecule has 0 atom stereocenters. The first-order chi connectivity index (χ1) is 14.3. The fraction of sp³-hybridized carbons (Fsp3) is 0.286. The van der Waals surface area contributed by atoms with E-state index in [0.29, 0.717) is 12.8 Å². The average Bonchev–Trinajstić information content (AvgIpc) is 3.06. The van der Waals surface area contributed by atoms with Gasteiger partial charge >= 0.3 is 0 Å². The molecule has 0 aliphatic rings. The molecule has 9 nitrogen and oxygen atoms in total. The molecule has 0 fully saturated rings. The number of hydrogen-bond acceptors (Lipinski definition) is 9. The van der Waals surface area contributed by atoms with Crippen LogP contribution in [0.5, 0.6) is 0 Å². The molecular formula is C21H24N4O5-2. The van der Waals surface area contributed by atoms with Gasteiger partial charge in [-0.3, -0.25) is 15.8 Å². The Balaban J connectivity index is 1.73. The Morgan fingerprint density at radius 2 is 1.93 bits per heavy atom. The van der Waals surface area contributed by atoms with Gasteiger partial charge in [0.05, 0.1) is 5.69 Å². The SMILES string of the molecule is CCc1c(CCC(C)=NNc2ccc(N([O-])[O-])cc2N(O)O)oc2ccc(C)cc12. The molecule has 160 valence electrons. The van der Waals surface area contributed by atoms with E-state index in [1.807, 2.05) is 19.1 Å². The molecule has 3 rings (SSSR count). The highest BCUT2D eigenvalue weighted by Gasteiger charge is 2.13. The quantitative estimate of drug-likeness (QED) is 0.343. The van der Waals surface area contributed by atoms with Gasteiger partial charge in [0.25, 0.3) is 0 Å². The van der Waals surface area contributed by atoms with Gasteiger partial charge in [0.2, 0.25) is 0 Å². The maximum absolute atomic E-state index is 10.9. The summed E-state index contributed by atoms with van der Waals surface area (Å²) >= 11 is 0. The minimum atomic E-state index is -0.620. The van der Waals surface area contributed by atoms with E-state index in [1.54, 1.807) is 0 Å². The summed E-state index contributed by atoms with van der Waals surface area (Å²) in [4.78, 5) is 0. The summed E-state index contributed by atoms with van der Waals surface area (Å²) in [7, 11) is 0. The van der Waals surface area contributed by atoms with Gasteiger partial charge in [0.15, 0.2) is 0 Å². The number of benzene rings is 2. The van der Waals surface area contributed by atoms with E-state index in [-0.39, 0.29) is 22.3 Å². The number of furan rings is 1. The lowest BCUT2D eigenvalue weighted by molar-refractivity contribution is 0.0295. The third kappa shape index (κ3) is 4.71. The van der Waals surface area contributed by atoms with E-state index in [1.165, 1.54) is 23.3 Å². The zero-order valence-corrected chi connectivity index (χ0v) is 17.0. The first kappa shape index (κ1) is 21.6. The van der Waals surface area contributed by atoms with Gasteiger partial charge in [-0.15, -0.1) is 5.23 Å². The highest BCUT2D eigenvalue weighted by atomic mass is 16.8. The predicted molar refractivity (Wildman–Crippen MR) is 117 cm³/mol. The molecule has 0 amide bonds. The highest BCUT2D eigenvalue weighted by molar-refractivity contribution is 5.85. The minimum Gasteiger partial charge on any atom is -0.769 e. The maximum atomic E-state index is 10.9. The van der Waals surface area contributed by atoms with Gasteiger partial charge in [-0.05, 0) is 57.0 Å². The fourth-order valence-corrected chi connectivity index (χ4v) is 3.30. The van der Waals surface area contributed by atoms with Crippen LogP contribution in [-0.2, 0) is 12.8 Å². The van der Waals surface area contributed by atoms with Crippen molar-refractivity contribution in [2.75, 3.05) is 15.9 Å². The second kappa shape index (κ2) is 9.14. The van der Waals surface area contributed by atoms with Crippen LogP contribution in [0.3, 0.4) is 0 Å². The van der Waals surface area contributed by atoms with Crippen molar-refractivity contribution in [3.8, 4) is 0 Å². The maximum Gasteiger partial charge on any atom is 0.134 e. The Morgan fingerprint density at radius 3 is 2.60 bits per heavy atom. The lowest BCUT2D eigenvalue weighted by atomic mass is 10.0. The summed E-state index contributed by atoms with van der Waals surface area (Å²) in [5, 5.41) is 45.0. The van der Waals surface area contributed by atoms with Crippen molar-refractivity contribution in [1.82, 2.24) is 0 Å². The summed E-state index contributed by atoms with van der Waals surface area (Å²) in [6, 6.07) is 9.80. The van der Waals surface area contributed by atoms with E-state index >= 15 is 0 Å². The van der Waals surface area contributed by atoms with Gasteiger partial charge in [0.1, 0.15) is 17.0 Å². The molecule has 30 heavy (non-hydrogen) atoms. The van der Waals surface area contributed by atoms with Crippen LogP contribution in [0.25, 0.3) is 11.0 Å². The lowest BCUT2D eigenvalue weighted by Crippen LogP contribution is -2.14. The number of fused-ring (bicyclic) bond motifs is 1. The first-order valence-corrected chi connectivity index (χ1v) is 9.56. The summed E-state index contributed by atoms with van der Waals surface area (Å²) in [5.41, 5.74) is 6.53. The van der Waals surface area contributed by atoms with Crippen molar-refractivity contribution in [3.63, 3.8) is 0 Å². The van der Waals surface area contributed by atoms with Gasteiger partial charge in [-0.25, -0.2) is 0 Å². The Morgan fingerprint density at radius 1 is 1.17 bits per heavy atom. The van der Waals surface area contributed by atoms with E-state index < -0.39 is 5.23 Å². The van der Waals surface area contributed by atoms with Crippen LogP contribution in [0.4, 0.5) is 17.1 Å². The van der Waals surface area contributed by atoms with Crippen LogP contribution >= 0.6 is 0 Å². The van der Waals surface area contributed by atoms with Crippen molar-refractivity contribution in [2.45, 2.75) is 40.0 Å². The van der Waals surface area contributed by atoms with E-state index in [9.17, 15) is 20.8 Å². The number of aryl methyl sites for hydroxylation is 3. The molecule has 0 spiro atoms. The average molecular weight is 412 g/mol. The molecule has 3 aromatic rings. The molecule has 0 aliphatic carbocycles. The van der Waals surface area contributed by atoms with Crippen LogP contribution in [-0.4, -0.2) is 16.1 Å². The van der Waals surface area contributed by atoms with Gasteiger partial charge in [-0.1, -0.05) is 18.6 Å². The van der Waals surface area contributed by atoms with Crippen LogP contribution in [0.15, 0.2) is 45.9 Å². The molecule has 0 saturated carbocycles. The summed E-state index contributed by atoms with van der Waals surface area (Å²) in [6.45, 7) is 6.00. The van der Waals surface area contributed by atoms with Gasteiger partial charge in [0, 0.05) is 28.8 Å². The molecule has 0 bridgehead atoms. The number of nitrogens with zero attached hydrogens (tertiary/aromatic N) is 3. The molecule has 0 unspecified atom stereocenters. The van der Waals surface area contributed by atoms with Crippen molar-refractivity contribution < 1.29 is 14.8 Å². The number of hydrazone groups is 1. The highest BCUT2D eigenvalue weighted by Crippen LogP contribution is 2.30. The van der Waals surface area contributed by atoms with Crippen molar-refractivity contribution in [3.05, 3.63) is 63.7 Å². The second-order valence-electron chi connectivity index (χ2n) is 7.06. The minimum absolute atomic E-state index is 0.176. The zero-order chi connectivity index (χ0) is 21.8. The second-order valence-corrected chi connectivity index (χ2v) is 7.06. The van der Waals surface area contributed by atoms with Gasteiger partial charge < -0.3 is 20.1 Å². The summed E-state index contributed by atoms with van der Waals surface area (Å²) in [5.74, 6) is 0.931. The molecular weight excluding hydrogens is 388 g/mol. The molecule has 0 saturated heterocycles. The van der Waals surface area contributed by atoms with Crippen LogP contribution < -0.4 is 15.9 Å². The smallest absolute Gasteiger partial charge is 0.134 e. The standard InChI is InChI=1S/C21H24N4O5/c1-4-16-17-11-13(2)5-9-21(17)30-20(16)10-6-14(3)22-23-18-8-7-15(24(26)27)12-19(18)25(28)29/h5,7-9,11-12,23,28-29H,4,6,10H2,1-3H3/q-2. The number of hydrogen-bond donors (Lipinski definition) is 3. The third-order valence-electron chi connectivity index (χ3n) is 4.87. The van der Waals surface area contributed by atoms with Crippen LogP contribution in [0.2, 0.25) is 0 Å². The molecule has 1 heterocycles. The Kier molecular flexibility index (Phi) is 6.58. The Bertz CT molecular complexity index is 1060. The van der Waals surface area contributed by atoms with Gasteiger partial charge in [-0.2, -0.15) is 5.10 Å². The lowest BCUT2D eigenvalue weighted by Gasteiger charge is -2.37. The monoisotopic (exact) mass is 412 g/mol. The molecule has 3 N–H and O–H groups in total. The molecule has 9 heteroatoms. The number of nitrogens with one attached hydrogen (secondary N) is 1. The van der Waals surface area contributed by atoms with E-state index in [0.717, 1.165) is 34.9 Å². The summed E-state index contributed by atoms with van der Waals surface area (Å²) in [6.07, 6.45) is 2.17. The summed E-state index contributed by atoms with van der Waals surface area (Å²) < 4.78 is 6.03.